The highest BCUT2D eigenvalue weighted by Crippen LogP contribution is 2.09. The highest BCUT2D eigenvalue weighted by Gasteiger charge is 2.14. The Bertz CT molecular complexity index is 148. The van der Waals surface area contributed by atoms with Gasteiger partial charge in [0.25, 0.3) is 0 Å². The van der Waals surface area contributed by atoms with Crippen molar-refractivity contribution in [2.24, 2.45) is 0 Å². The molecular formula is C11H23NO2. The van der Waals surface area contributed by atoms with Crippen LogP contribution in [0.1, 0.15) is 39.5 Å². The molecule has 0 radical (unpaired) electrons. The largest absolute Gasteiger partial charge is 0.390 e. The van der Waals surface area contributed by atoms with Crippen molar-refractivity contribution in [2.45, 2.75) is 51.2 Å². The number of hydrogen-bond donors (Lipinski definition) is 2. The molecule has 0 saturated carbocycles. The molecule has 1 unspecified atom stereocenters. The van der Waals surface area contributed by atoms with E-state index in [9.17, 15) is 5.11 Å². The van der Waals surface area contributed by atoms with Gasteiger partial charge < -0.3 is 15.2 Å². The number of nitrogens with one attached hydrogen (secondary N) is 1. The predicted octanol–water partition coefficient (Wildman–Crippen LogP) is 1.31. The van der Waals surface area contributed by atoms with Crippen LogP contribution in [0.5, 0.6) is 0 Å². The first-order valence-corrected chi connectivity index (χ1v) is 5.61. The third-order valence-corrected chi connectivity index (χ3v) is 2.59. The molecular weight excluding hydrogens is 178 g/mol. The fourth-order valence-electron chi connectivity index (χ4n) is 1.61. The van der Waals surface area contributed by atoms with Crippen LogP contribution in [0, 0.1) is 0 Å². The molecule has 1 fully saturated rings. The van der Waals surface area contributed by atoms with Crippen LogP contribution in [0.3, 0.4) is 0 Å². The second-order valence-electron chi connectivity index (χ2n) is 4.78. The molecule has 1 aliphatic rings. The Balaban J connectivity index is 1.97. The van der Waals surface area contributed by atoms with E-state index in [1.165, 1.54) is 19.3 Å². The maximum atomic E-state index is 9.46. The summed E-state index contributed by atoms with van der Waals surface area (Å²) >= 11 is 0. The van der Waals surface area contributed by atoms with E-state index in [2.05, 4.69) is 5.32 Å². The monoisotopic (exact) mass is 201 g/mol. The summed E-state index contributed by atoms with van der Waals surface area (Å²) in [5.41, 5.74) is -0.597. The molecule has 3 nitrogen and oxygen atoms in total. The average molecular weight is 201 g/mol. The predicted molar refractivity (Wildman–Crippen MR) is 57.4 cm³/mol. The minimum absolute atomic E-state index is 0.533. The summed E-state index contributed by atoms with van der Waals surface area (Å²) < 4.78 is 5.53. The number of ether oxygens (including phenoxy) is 1. The molecule has 14 heavy (non-hydrogen) atoms. The first-order chi connectivity index (χ1) is 6.58. The van der Waals surface area contributed by atoms with Crippen LogP contribution in [0.25, 0.3) is 0 Å². The normalized spacial score (nSPS) is 23.8. The van der Waals surface area contributed by atoms with Crippen LogP contribution in [-0.2, 0) is 4.74 Å². The van der Waals surface area contributed by atoms with Gasteiger partial charge in [0.1, 0.15) is 0 Å². The first-order valence-electron chi connectivity index (χ1n) is 5.61. The van der Waals surface area contributed by atoms with E-state index in [1.807, 2.05) is 13.8 Å². The van der Waals surface area contributed by atoms with E-state index < -0.39 is 5.60 Å². The van der Waals surface area contributed by atoms with E-state index in [-0.39, 0.29) is 0 Å². The molecule has 3 heteroatoms. The topological polar surface area (TPSA) is 41.5 Å². The third kappa shape index (κ3) is 5.58. The standard InChI is InChI=1S/C11H23NO2/c1-11(2,13)6-8-14-9-10-5-3-4-7-12-10/h10,12-13H,3-9H2,1-2H3. The summed E-state index contributed by atoms with van der Waals surface area (Å²) in [5, 5.41) is 12.9. The first kappa shape index (κ1) is 12.0. The van der Waals surface area contributed by atoms with Crippen LogP contribution in [0.15, 0.2) is 0 Å². The molecule has 0 aromatic rings. The summed E-state index contributed by atoms with van der Waals surface area (Å²) in [6, 6.07) is 0.533. The number of aliphatic hydroxyl groups is 1. The van der Waals surface area contributed by atoms with E-state index in [0.717, 1.165) is 13.2 Å². The fourth-order valence-corrected chi connectivity index (χ4v) is 1.61. The molecule has 1 saturated heterocycles. The molecule has 0 amide bonds. The molecule has 0 aromatic heterocycles. The Hall–Kier alpha value is -0.120. The van der Waals surface area contributed by atoms with Crippen LogP contribution >= 0.6 is 0 Å². The van der Waals surface area contributed by atoms with Gasteiger partial charge in [0, 0.05) is 12.6 Å². The maximum absolute atomic E-state index is 9.46. The van der Waals surface area contributed by atoms with Gasteiger partial charge in [-0.25, -0.2) is 0 Å². The van der Waals surface area contributed by atoms with Gasteiger partial charge in [-0.3, -0.25) is 0 Å². The zero-order valence-electron chi connectivity index (χ0n) is 9.38. The Labute approximate surface area is 86.8 Å². The smallest absolute Gasteiger partial charge is 0.0619 e. The molecule has 1 rings (SSSR count). The number of hydrogen-bond acceptors (Lipinski definition) is 3. The zero-order valence-corrected chi connectivity index (χ0v) is 9.38. The van der Waals surface area contributed by atoms with Gasteiger partial charge in [-0.05, 0) is 39.7 Å². The van der Waals surface area contributed by atoms with Gasteiger partial charge >= 0.3 is 0 Å². The molecule has 0 bridgehead atoms. The van der Waals surface area contributed by atoms with Crippen molar-refractivity contribution >= 4 is 0 Å². The molecule has 1 heterocycles. The molecule has 1 atom stereocenters. The highest BCUT2D eigenvalue weighted by atomic mass is 16.5. The Morgan fingerprint density at radius 1 is 1.43 bits per heavy atom. The summed E-state index contributed by atoms with van der Waals surface area (Å²) in [4.78, 5) is 0. The van der Waals surface area contributed by atoms with Crippen LogP contribution in [-0.4, -0.2) is 36.5 Å². The third-order valence-electron chi connectivity index (χ3n) is 2.59. The minimum atomic E-state index is -0.597. The van der Waals surface area contributed by atoms with Crippen molar-refractivity contribution in [1.29, 1.82) is 0 Å². The van der Waals surface area contributed by atoms with Gasteiger partial charge in [0.2, 0.25) is 0 Å². The molecule has 84 valence electrons. The fraction of sp³-hybridized carbons (Fsp3) is 1.00. The lowest BCUT2D eigenvalue weighted by molar-refractivity contribution is 0.0215. The van der Waals surface area contributed by atoms with Crippen molar-refractivity contribution in [2.75, 3.05) is 19.8 Å². The minimum Gasteiger partial charge on any atom is -0.390 e. The summed E-state index contributed by atoms with van der Waals surface area (Å²) in [5.74, 6) is 0. The molecule has 0 aliphatic carbocycles. The van der Waals surface area contributed by atoms with Gasteiger partial charge in [-0.1, -0.05) is 6.42 Å². The van der Waals surface area contributed by atoms with Gasteiger partial charge in [0.05, 0.1) is 12.2 Å². The maximum Gasteiger partial charge on any atom is 0.0619 e. The van der Waals surface area contributed by atoms with E-state index in [1.54, 1.807) is 0 Å². The molecule has 2 N–H and O–H groups in total. The number of rotatable bonds is 5. The lowest BCUT2D eigenvalue weighted by atomic mass is 10.1. The van der Waals surface area contributed by atoms with E-state index in [4.69, 9.17) is 4.74 Å². The van der Waals surface area contributed by atoms with E-state index >= 15 is 0 Å². The van der Waals surface area contributed by atoms with Gasteiger partial charge in [0.15, 0.2) is 0 Å². The Morgan fingerprint density at radius 2 is 2.21 bits per heavy atom. The Kier molecular flexibility index (Phi) is 4.85. The molecule has 1 aliphatic heterocycles. The van der Waals surface area contributed by atoms with Crippen LogP contribution in [0.2, 0.25) is 0 Å². The Morgan fingerprint density at radius 3 is 2.79 bits per heavy atom. The quantitative estimate of drug-likeness (QED) is 0.659. The summed E-state index contributed by atoms with van der Waals surface area (Å²) in [6.45, 7) is 6.20. The summed E-state index contributed by atoms with van der Waals surface area (Å²) in [7, 11) is 0. The van der Waals surface area contributed by atoms with Gasteiger partial charge in [-0.15, -0.1) is 0 Å². The SMILES string of the molecule is CC(C)(O)CCOCC1CCCCN1. The second kappa shape index (κ2) is 5.69. The van der Waals surface area contributed by atoms with Crippen molar-refractivity contribution in [3.8, 4) is 0 Å². The van der Waals surface area contributed by atoms with Crippen LogP contribution < -0.4 is 5.32 Å². The van der Waals surface area contributed by atoms with Crippen molar-refractivity contribution in [1.82, 2.24) is 5.32 Å². The lowest BCUT2D eigenvalue weighted by Gasteiger charge is -2.24. The van der Waals surface area contributed by atoms with Crippen molar-refractivity contribution < 1.29 is 9.84 Å². The lowest BCUT2D eigenvalue weighted by Crippen LogP contribution is -2.37. The zero-order chi connectivity index (χ0) is 10.4. The highest BCUT2D eigenvalue weighted by molar-refractivity contribution is 4.71. The number of piperidine rings is 1. The molecule has 0 spiro atoms. The summed E-state index contributed by atoms with van der Waals surface area (Å²) in [6.07, 6.45) is 4.54. The van der Waals surface area contributed by atoms with Crippen molar-refractivity contribution in [3.05, 3.63) is 0 Å². The van der Waals surface area contributed by atoms with E-state index in [0.29, 0.717) is 19.1 Å². The van der Waals surface area contributed by atoms with Crippen molar-refractivity contribution in [3.63, 3.8) is 0 Å². The molecule has 0 aromatic carbocycles. The van der Waals surface area contributed by atoms with Gasteiger partial charge in [-0.2, -0.15) is 0 Å². The average Bonchev–Trinajstić information content (AvgIpc) is 2.13. The second-order valence-corrected chi connectivity index (χ2v) is 4.78. The van der Waals surface area contributed by atoms with Crippen LogP contribution in [0.4, 0.5) is 0 Å².